The van der Waals surface area contributed by atoms with Crippen LogP contribution in [-0.2, 0) is 23.1 Å². The molecule has 0 aliphatic carbocycles. The quantitative estimate of drug-likeness (QED) is 0.823. The lowest BCUT2D eigenvalue weighted by molar-refractivity contribution is 0.356. The molecule has 0 unspecified atom stereocenters. The lowest BCUT2D eigenvalue weighted by Gasteiger charge is -2.21. The third kappa shape index (κ3) is 3.83. The molecule has 1 aromatic rings. The first-order valence-electron chi connectivity index (χ1n) is 7.42. The second kappa shape index (κ2) is 6.87. The first-order chi connectivity index (χ1) is 9.95. The average Bonchev–Trinajstić information content (AvgIpc) is 2.90. The van der Waals surface area contributed by atoms with Crippen molar-refractivity contribution in [1.29, 1.82) is 0 Å². The first-order valence-corrected chi connectivity index (χ1v) is 8.86. The summed E-state index contributed by atoms with van der Waals surface area (Å²) in [5.41, 5.74) is 2.30. The standard InChI is InChI=1S/C15H25N3O2S/c1-4-18(9-5-8-17(2)3)21(19,20)15-7-6-13-11-16-12-14(13)10-15/h6-7,10,16H,4-5,8-9,11-12H2,1-3H3. The van der Waals surface area contributed by atoms with Crippen LogP contribution in [0.2, 0.25) is 0 Å². The Bertz CT molecular complexity index is 585. The van der Waals surface area contributed by atoms with Gasteiger partial charge in [-0.3, -0.25) is 0 Å². The molecule has 5 nitrogen and oxygen atoms in total. The van der Waals surface area contributed by atoms with Gasteiger partial charge in [0.25, 0.3) is 0 Å². The molecule has 118 valence electrons. The van der Waals surface area contributed by atoms with Gasteiger partial charge in [0.05, 0.1) is 4.90 Å². The van der Waals surface area contributed by atoms with Gasteiger partial charge in [0, 0.05) is 26.2 Å². The number of benzene rings is 1. The highest BCUT2D eigenvalue weighted by Gasteiger charge is 2.24. The van der Waals surface area contributed by atoms with Crippen molar-refractivity contribution in [3.8, 4) is 0 Å². The van der Waals surface area contributed by atoms with Gasteiger partial charge in [-0.05, 0) is 50.3 Å². The summed E-state index contributed by atoms with van der Waals surface area (Å²) in [7, 11) is 0.613. The van der Waals surface area contributed by atoms with E-state index in [1.807, 2.05) is 33.2 Å². The van der Waals surface area contributed by atoms with Crippen LogP contribution < -0.4 is 5.32 Å². The molecule has 0 atom stereocenters. The summed E-state index contributed by atoms with van der Waals surface area (Å²) in [6, 6.07) is 5.48. The summed E-state index contributed by atoms with van der Waals surface area (Å²) in [4.78, 5) is 2.48. The molecular weight excluding hydrogens is 286 g/mol. The van der Waals surface area contributed by atoms with Gasteiger partial charge < -0.3 is 10.2 Å². The van der Waals surface area contributed by atoms with E-state index in [0.29, 0.717) is 18.0 Å². The number of hydrogen-bond acceptors (Lipinski definition) is 4. The van der Waals surface area contributed by atoms with E-state index in [2.05, 4.69) is 10.2 Å². The van der Waals surface area contributed by atoms with Crippen molar-refractivity contribution in [2.75, 3.05) is 33.7 Å². The van der Waals surface area contributed by atoms with Gasteiger partial charge in [-0.2, -0.15) is 4.31 Å². The molecule has 1 N–H and O–H groups in total. The fourth-order valence-corrected chi connectivity index (χ4v) is 4.13. The van der Waals surface area contributed by atoms with E-state index in [1.54, 1.807) is 10.4 Å². The number of nitrogens with one attached hydrogen (secondary N) is 1. The highest BCUT2D eigenvalue weighted by atomic mass is 32.2. The van der Waals surface area contributed by atoms with Crippen LogP contribution >= 0.6 is 0 Å². The summed E-state index contributed by atoms with van der Waals surface area (Å²) in [6.45, 7) is 5.43. The second-order valence-corrected chi connectivity index (χ2v) is 7.63. The summed E-state index contributed by atoms with van der Waals surface area (Å²) in [5, 5.41) is 3.24. The maximum atomic E-state index is 12.7. The topological polar surface area (TPSA) is 52.7 Å². The highest BCUT2D eigenvalue weighted by molar-refractivity contribution is 7.89. The van der Waals surface area contributed by atoms with Crippen LogP contribution in [0.4, 0.5) is 0 Å². The minimum atomic E-state index is -3.38. The Labute approximate surface area is 128 Å². The van der Waals surface area contributed by atoms with Crippen molar-refractivity contribution in [1.82, 2.24) is 14.5 Å². The fraction of sp³-hybridized carbons (Fsp3) is 0.600. The van der Waals surface area contributed by atoms with Gasteiger partial charge in [-0.1, -0.05) is 13.0 Å². The Morgan fingerprint density at radius 3 is 2.52 bits per heavy atom. The molecule has 1 heterocycles. The first kappa shape index (κ1) is 16.4. The molecule has 2 rings (SSSR count). The van der Waals surface area contributed by atoms with Gasteiger partial charge in [0.1, 0.15) is 0 Å². The number of fused-ring (bicyclic) bond motifs is 1. The average molecular weight is 311 g/mol. The molecule has 0 saturated carbocycles. The maximum Gasteiger partial charge on any atom is 0.243 e. The molecule has 0 radical (unpaired) electrons. The Morgan fingerprint density at radius 1 is 1.14 bits per heavy atom. The van der Waals surface area contributed by atoms with Crippen LogP contribution in [0, 0.1) is 0 Å². The van der Waals surface area contributed by atoms with Crippen molar-refractivity contribution in [3.63, 3.8) is 0 Å². The molecule has 0 amide bonds. The minimum Gasteiger partial charge on any atom is -0.309 e. The Kier molecular flexibility index (Phi) is 5.37. The molecule has 1 aliphatic heterocycles. The van der Waals surface area contributed by atoms with E-state index in [1.165, 1.54) is 5.56 Å². The van der Waals surface area contributed by atoms with Gasteiger partial charge in [0.15, 0.2) is 0 Å². The minimum absolute atomic E-state index is 0.414. The van der Waals surface area contributed by atoms with Crippen LogP contribution in [0.5, 0.6) is 0 Å². The van der Waals surface area contributed by atoms with Gasteiger partial charge in [0.2, 0.25) is 10.0 Å². The molecule has 0 bridgehead atoms. The lowest BCUT2D eigenvalue weighted by atomic mass is 10.1. The number of rotatable bonds is 7. The molecule has 0 saturated heterocycles. The van der Waals surface area contributed by atoms with Crippen LogP contribution in [0.1, 0.15) is 24.5 Å². The largest absolute Gasteiger partial charge is 0.309 e. The molecule has 6 heteroatoms. The molecule has 1 aromatic carbocycles. The third-order valence-electron chi connectivity index (χ3n) is 3.81. The summed E-state index contributed by atoms with van der Waals surface area (Å²) < 4.78 is 27.0. The van der Waals surface area contributed by atoms with Gasteiger partial charge in [-0.15, -0.1) is 0 Å². The van der Waals surface area contributed by atoms with E-state index in [-0.39, 0.29) is 0 Å². The van der Waals surface area contributed by atoms with E-state index in [0.717, 1.165) is 31.6 Å². The number of sulfonamides is 1. The fourth-order valence-electron chi connectivity index (χ4n) is 2.59. The van der Waals surface area contributed by atoms with Gasteiger partial charge >= 0.3 is 0 Å². The van der Waals surface area contributed by atoms with Crippen LogP contribution in [0.3, 0.4) is 0 Å². The molecule has 0 fully saturated rings. The van der Waals surface area contributed by atoms with Crippen molar-refractivity contribution >= 4 is 10.0 Å². The van der Waals surface area contributed by atoms with E-state index in [9.17, 15) is 8.42 Å². The van der Waals surface area contributed by atoms with Crippen LogP contribution in [-0.4, -0.2) is 51.4 Å². The predicted octanol–water partition coefficient (Wildman–Crippen LogP) is 1.25. The summed E-state index contributed by atoms with van der Waals surface area (Å²) in [5.74, 6) is 0. The highest BCUT2D eigenvalue weighted by Crippen LogP contribution is 2.22. The van der Waals surface area contributed by atoms with Crippen molar-refractivity contribution in [3.05, 3.63) is 29.3 Å². The monoisotopic (exact) mass is 311 g/mol. The predicted molar refractivity (Wildman–Crippen MR) is 84.6 cm³/mol. The van der Waals surface area contributed by atoms with E-state index in [4.69, 9.17) is 0 Å². The normalized spacial score (nSPS) is 14.9. The van der Waals surface area contributed by atoms with E-state index < -0.39 is 10.0 Å². The maximum absolute atomic E-state index is 12.7. The van der Waals surface area contributed by atoms with Crippen LogP contribution in [0.15, 0.2) is 23.1 Å². The molecule has 1 aliphatic rings. The van der Waals surface area contributed by atoms with E-state index >= 15 is 0 Å². The molecule has 21 heavy (non-hydrogen) atoms. The zero-order valence-corrected chi connectivity index (χ0v) is 13.9. The third-order valence-corrected chi connectivity index (χ3v) is 5.78. The Morgan fingerprint density at radius 2 is 1.86 bits per heavy atom. The van der Waals surface area contributed by atoms with Crippen molar-refractivity contribution in [2.24, 2.45) is 0 Å². The second-order valence-electron chi connectivity index (χ2n) is 5.69. The zero-order chi connectivity index (χ0) is 15.5. The molecular formula is C15H25N3O2S. The van der Waals surface area contributed by atoms with Crippen LogP contribution in [0.25, 0.3) is 0 Å². The number of nitrogens with zero attached hydrogens (tertiary/aromatic N) is 2. The molecule has 0 aromatic heterocycles. The van der Waals surface area contributed by atoms with Gasteiger partial charge in [-0.25, -0.2) is 8.42 Å². The lowest BCUT2D eigenvalue weighted by Crippen LogP contribution is -2.33. The van der Waals surface area contributed by atoms with Crippen molar-refractivity contribution < 1.29 is 8.42 Å². The Hall–Kier alpha value is -0.950. The zero-order valence-electron chi connectivity index (χ0n) is 13.1. The SMILES string of the molecule is CCN(CCCN(C)C)S(=O)(=O)c1ccc2c(c1)CNC2. The Balaban J connectivity index is 2.15. The molecule has 0 spiro atoms. The summed E-state index contributed by atoms with van der Waals surface area (Å²) in [6.07, 6.45) is 0.840. The summed E-state index contributed by atoms with van der Waals surface area (Å²) >= 11 is 0. The smallest absolute Gasteiger partial charge is 0.243 e. The van der Waals surface area contributed by atoms with Crippen molar-refractivity contribution in [2.45, 2.75) is 31.3 Å². The number of hydrogen-bond donors (Lipinski definition) is 1.